The van der Waals surface area contributed by atoms with Crippen LogP contribution in [0.5, 0.6) is 0 Å². The van der Waals surface area contributed by atoms with Gasteiger partial charge in [-0.25, -0.2) is 0 Å². The zero-order chi connectivity index (χ0) is 12.5. The Morgan fingerprint density at radius 2 is 2.11 bits per heavy atom. The van der Waals surface area contributed by atoms with E-state index in [1.807, 2.05) is 0 Å². The molecule has 1 aromatic rings. The number of nitrogens with zero attached hydrogens (tertiary/aromatic N) is 1. The molecule has 2 nitrogen and oxygen atoms in total. The van der Waals surface area contributed by atoms with Gasteiger partial charge < -0.3 is 10.2 Å². The van der Waals surface area contributed by atoms with Crippen molar-refractivity contribution in [2.24, 2.45) is 11.8 Å². The second-order valence-corrected chi connectivity index (χ2v) is 6.03. The number of benzene rings is 1. The minimum atomic E-state index is 0.811. The Kier molecular flexibility index (Phi) is 3.29. The second kappa shape index (κ2) is 4.93. The monoisotopic (exact) mass is 244 g/mol. The Balaban J connectivity index is 1.88. The highest BCUT2D eigenvalue weighted by atomic mass is 15.1. The lowest BCUT2D eigenvalue weighted by Gasteiger charge is -2.38. The maximum Gasteiger partial charge on any atom is 0.0414 e. The smallest absolute Gasteiger partial charge is 0.0414 e. The molecule has 1 N–H and O–H groups in total. The van der Waals surface area contributed by atoms with Crippen LogP contribution in [0.1, 0.15) is 31.4 Å². The normalized spacial score (nSPS) is 28.0. The molecule has 2 aliphatic heterocycles. The second-order valence-electron chi connectivity index (χ2n) is 6.03. The molecule has 98 valence electrons. The first-order chi connectivity index (χ1) is 8.75. The van der Waals surface area contributed by atoms with Gasteiger partial charge in [-0.3, -0.25) is 0 Å². The zero-order valence-electron chi connectivity index (χ0n) is 11.6. The maximum atomic E-state index is 3.51. The number of fused-ring (bicyclic) bond motifs is 1. The van der Waals surface area contributed by atoms with Crippen molar-refractivity contribution in [3.63, 3.8) is 0 Å². The Bertz CT molecular complexity index is 427. The van der Waals surface area contributed by atoms with Crippen LogP contribution in [0.2, 0.25) is 0 Å². The van der Waals surface area contributed by atoms with Gasteiger partial charge in [0.2, 0.25) is 0 Å². The highest BCUT2D eigenvalue weighted by Gasteiger charge is 2.25. The van der Waals surface area contributed by atoms with Crippen molar-refractivity contribution in [3.8, 4) is 0 Å². The van der Waals surface area contributed by atoms with E-state index in [1.165, 1.54) is 31.6 Å². The Morgan fingerprint density at radius 1 is 1.22 bits per heavy atom. The molecule has 0 saturated carbocycles. The fraction of sp³-hybridized carbons (Fsp3) is 0.625. The molecule has 0 spiro atoms. The minimum Gasteiger partial charge on any atom is -0.371 e. The molecular weight excluding hydrogens is 220 g/mol. The summed E-state index contributed by atoms with van der Waals surface area (Å²) in [6, 6.07) is 6.85. The first-order valence-electron chi connectivity index (χ1n) is 7.32. The van der Waals surface area contributed by atoms with Gasteiger partial charge in [0.05, 0.1) is 0 Å². The molecule has 2 aliphatic rings. The maximum absolute atomic E-state index is 3.51. The number of hydrogen-bond acceptors (Lipinski definition) is 2. The summed E-state index contributed by atoms with van der Waals surface area (Å²) in [5.41, 5.74) is 4.58. The van der Waals surface area contributed by atoms with E-state index in [9.17, 15) is 0 Å². The Labute approximate surface area is 110 Å². The summed E-state index contributed by atoms with van der Waals surface area (Å²) < 4.78 is 0. The van der Waals surface area contributed by atoms with Crippen LogP contribution in [-0.4, -0.2) is 19.6 Å². The molecule has 2 unspecified atom stereocenters. The molecule has 1 aromatic carbocycles. The molecule has 2 atom stereocenters. The van der Waals surface area contributed by atoms with E-state index in [4.69, 9.17) is 0 Å². The van der Waals surface area contributed by atoms with E-state index in [1.54, 1.807) is 11.1 Å². The van der Waals surface area contributed by atoms with Crippen molar-refractivity contribution >= 4 is 5.69 Å². The molecule has 0 aromatic heterocycles. The number of nitrogens with one attached hydrogen (secondary N) is 1. The molecule has 18 heavy (non-hydrogen) atoms. The van der Waals surface area contributed by atoms with Crippen molar-refractivity contribution < 1.29 is 0 Å². The third-order valence-electron chi connectivity index (χ3n) is 4.80. The van der Waals surface area contributed by atoms with Gasteiger partial charge in [-0.1, -0.05) is 26.0 Å². The van der Waals surface area contributed by atoms with Crippen LogP contribution in [0, 0.1) is 11.8 Å². The SMILES string of the molecule is CC1CCN(c2cccc3c2CNCC3)CC1C. The Morgan fingerprint density at radius 3 is 2.94 bits per heavy atom. The summed E-state index contributed by atoms with van der Waals surface area (Å²) in [6.07, 6.45) is 2.52. The van der Waals surface area contributed by atoms with E-state index in [0.29, 0.717) is 0 Å². The molecular formula is C16H24N2. The molecule has 0 aliphatic carbocycles. The van der Waals surface area contributed by atoms with Crippen LogP contribution in [-0.2, 0) is 13.0 Å². The largest absolute Gasteiger partial charge is 0.371 e. The van der Waals surface area contributed by atoms with Crippen molar-refractivity contribution in [2.75, 3.05) is 24.5 Å². The molecule has 0 amide bonds. The number of rotatable bonds is 1. The van der Waals surface area contributed by atoms with Crippen molar-refractivity contribution in [1.82, 2.24) is 5.32 Å². The third-order valence-corrected chi connectivity index (χ3v) is 4.80. The quantitative estimate of drug-likeness (QED) is 0.817. The van der Waals surface area contributed by atoms with Gasteiger partial charge in [-0.2, -0.15) is 0 Å². The van der Waals surface area contributed by atoms with Crippen molar-refractivity contribution in [2.45, 2.75) is 33.2 Å². The fourth-order valence-electron chi connectivity index (χ4n) is 3.27. The van der Waals surface area contributed by atoms with Gasteiger partial charge in [-0.15, -0.1) is 0 Å². The number of anilines is 1. The van der Waals surface area contributed by atoms with E-state index < -0.39 is 0 Å². The number of hydrogen-bond donors (Lipinski definition) is 1. The van der Waals surface area contributed by atoms with Gasteiger partial charge >= 0.3 is 0 Å². The summed E-state index contributed by atoms with van der Waals surface area (Å²) in [5, 5.41) is 3.51. The summed E-state index contributed by atoms with van der Waals surface area (Å²) in [4.78, 5) is 2.61. The molecule has 2 heterocycles. The Hall–Kier alpha value is -1.02. The molecule has 0 radical (unpaired) electrons. The van der Waals surface area contributed by atoms with E-state index in [2.05, 4.69) is 42.3 Å². The van der Waals surface area contributed by atoms with E-state index in [-0.39, 0.29) is 0 Å². The molecule has 1 fully saturated rings. The van der Waals surface area contributed by atoms with Crippen molar-refractivity contribution in [1.29, 1.82) is 0 Å². The summed E-state index contributed by atoms with van der Waals surface area (Å²) in [7, 11) is 0. The van der Waals surface area contributed by atoms with Gasteiger partial charge in [0.25, 0.3) is 0 Å². The lowest BCUT2D eigenvalue weighted by atomic mass is 9.87. The number of piperidine rings is 1. The predicted molar refractivity (Wildman–Crippen MR) is 77.0 cm³/mol. The summed E-state index contributed by atoms with van der Waals surface area (Å²) in [6.45, 7) is 9.41. The molecule has 2 heteroatoms. The average Bonchev–Trinajstić information content (AvgIpc) is 2.41. The lowest BCUT2D eigenvalue weighted by Crippen LogP contribution is -2.39. The minimum absolute atomic E-state index is 0.811. The fourth-order valence-corrected chi connectivity index (χ4v) is 3.27. The lowest BCUT2D eigenvalue weighted by molar-refractivity contribution is 0.323. The first-order valence-corrected chi connectivity index (χ1v) is 7.32. The van der Waals surface area contributed by atoms with E-state index >= 15 is 0 Å². The third kappa shape index (κ3) is 2.14. The highest BCUT2D eigenvalue weighted by Crippen LogP contribution is 2.31. The summed E-state index contributed by atoms with van der Waals surface area (Å²) >= 11 is 0. The molecule has 0 bridgehead atoms. The van der Waals surface area contributed by atoms with Gasteiger partial charge in [0, 0.05) is 25.3 Å². The summed E-state index contributed by atoms with van der Waals surface area (Å²) in [5.74, 6) is 1.69. The van der Waals surface area contributed by atoms with Crippen LogP contribution >= 0.6 is 0 Å². The topological polar surface area (TPSA) is 15.3 Å². The van der Waals surface area contributed by atoms with E-state index in [0.717, 1.165) is 24.9 Å². The molecule has 1 saturated heterocycles. The standard InChI is InChI=1S/C16H24N2/c1-12-7-9-18(11-13(12)2)16-5-3-4-14-6-8-17-10-15(14)16/h3-5,12-13,17H,6-11H2,1-2H3. The van der Waals surface area contributed by atoms with Crippen LogP contribution in [0.4, 0.5) is 5.69 Å². The average molecular weight is 244 g/mol. The van der Waals surface area contributed by atoms with Gasteiger partial charge in [-0.05, 0) is 48.4 Å². The predicted octanol–water partition coefficient (Wildman–Crippen LogP) is 2.81. The highest BCUT2D eigenvalue weighted by molar-refractivity contribution is 5.58. The van der Waals surface area contributed by atoms with Crippen LogP contribution in [0.15, 0.2) is 18.2 Å². The van der Waals surface area contributed by atoms with Crippen LogP contribution < -0.4 is 10.2 Å². The molecule has 3 rings (SSSR count). The van der Waals surface area contributed by atoms with Gasteiger partial charge in [0.1, 0.15) is 0 Å². The van der Waals surface area contributed by atoms with Crippen LogP contribution in [0.3, 0.4) is 0 Å². The van der Waals surface area contributed by atoms with Crippen LogP contribution in [0.25, 0.3) is 0 Å². The van der Waals surface area contributed by atoms with Crippen molar-refractivity contribution in [3.05, 3.63) is 29.3 Å². The first kappa shape index (κ1) is 12.0. The zero-order valence-corrected chi connectivity index (χ0v) is 11.6. The van der Waals surface area contributed by atoms with Gasteiger partial charge in [0.15, 0.2) is 0 Å².